The van der Waals surface area contributed by atoms with Crippen LogP contribution in [0.25, 0.3) is 6.08 Å². The van der Waals surface area contributed by atoms with Crippen molar-refractivity contribution in [1.82, 2.24) is 4.90 Å². The smallest absolute Gasteiger partial charge is 0.286 e. The fraction of sp³-hybridized carbons (Fsp3) is 0.200. The summed E-state index contributed by atoms with van der Waals surface area (Å²) in [5, 5.41) is 1.43. The van der Waals surface area contributed by atoms with Gasteiger partial charge >= 0.3 is 0 Å². The second kappa shape index (κ2) is 7.56. The minimum Gasteiger partial charge on any atom is -0.368 e. The first-order valence-corrected chi connectivity index (χ1v) is 9.72. The number of halogens is 1. The molecule has 2 aromatic carbocycles. The lowest BCUT2D eigenvalue weighted by molar-refractivity contribution is -0.113. The molecule has 0 aliphatic carbocycles. The molecule has 2 heterocycles. The highest BCUT2D eigenvalue weighted by Crippen LogP contribution is 2.32. The SMILES string of the molecule is O=C1N=C(N2CCN(c3ccccc3)CC2)SC1=Cc1ccccc1Cl. The first-order valence-electron chi connectivity index (χ1n) is 8.53. The number of nitrogens with zero attached hydrogens (tertiary/aromatic N) is 3. The second-order valence-electron chi connectivity index (χ2n) is 6.14. The van der Waals surface area contributed by atoms with Crippen LogP contribution in [0.1, 0.15) is 5.56 Å². The minimum atomic E-state index is -0.185. The lowest BCUT2D eigenvalue weighted by Gasteiger charge is -2.36. The molecular formula is C20H18ClN3OS. The van der Waals surface area contributed by atoms with E-state index in [4.69, 9.17) is 11.6 Å². The van der Waals surface area contributed by atoms with E-state index in [1.807, 2.05) is 36.4 Å². The summed E-state index contributed by atoms with van der Waals surface area (Å²) in [6, 6.07) is 17.9. The van der Waals surface area contributed by atoms with Crippen LogP contribution in [0.4, 0.5) is 5.69 Å². The van der Waals surface area contributed by atoms with Gasteiger partial charge in [-0.1, -0.05) is 48.0 Å². The lowest BCUT2D eigenvalue weighted by Crippen LogP contribution is -2.47. The van der Waals surface area contributed by atoms with Crippen LogP contribution in [0.5, 0.6) is 0 Å². The van der Waals surface area contributed by atoms with Crippen LogP contribution >= 0.6 is 23.4 Å². The van der Waals surface area contributed by atoms with Gasteiger partial charge in [0.05, 0.1) is 4.91 Å². The van der Waals surface area contributed by atoms with Gasteiger partial charge in [0.1, 0.15) is 0 Å². The zero-order valence-electron chi connectivity index (χ0n) is 14.1. The van der Waals surface area contributed by atoms with Gasteiger partial charge in [-0.05, 0) is 41.6 Å². The van der Waals surface area contributed by atoms with Crippen molar-refractivity contribution in [3.8, 4) is 0 Å². The lowest BCUT2D eigenvalue weighted by atomic mass is 10.2. The van der Waals surface area contributed by atoms with E-state index in [1.165, 1.54) is 17.4 Å². The van der Waals surface area contributed by atoms with Crippen LogP contribution in [0.15, 0.2) is 64.5 Å². The Bertz CT molecular complexity index is 874. The van der Waals surface area contributed by atoms with Crippen molar-refractivity contribution in [3.63, 3.8) is 0 Å². The van der Waals surface area contributed by atoms with Gasteiger partial charge in [0.25, 0.3) is 5.91 Å². The predicted molar refractivity (Wildman–Crippen MR) is 110 cm³/mol. The first-order chi connectivity index (χ1) is 12.7. The van der Waals surface area contributed by atoms with Crippen molar-refractivity contribution >= 4 is 46.2 Å². The van der Waals surface area contributed by atoms with Crippen LogP contribution < -0.4 is 4.90 Å². The molecule has 0 bridgehead atoms. The molecule has 2 aliphatic heterocycles. The topological polar surface area (TPSA) is 35.9 Å². The summed E-state index contributed by atoms with van der Waals surface area (Å²) in [6.07, 6.45) is 1.83. The van der Waals surface area contributed by atoms with E-state index >= 15 is 0 Å². The number of carbonyl (C=O) groups excluding carboxylic acids is 1. The number of piperazine rings is 1. The molecule has 0 aromatic heterocycles. The first kappa shape index (κ1) is 17.2. The maximum absolute atomic E-state index is 12.3. The second-order valence-corrected chi connectivity index (χ2v) is 7.56. The summed E-state index contributed by atoms with van der Waals surface area (Å²) in [7, 11) is 0. The van der Waals surface area contributed by atoms with E-state index in [2.05, 4.69) is 39.1 Å². The van der Waals surface area contributed by atoms with E-state index in [0.717, 1.165) is 36.9 Å². The fourth-order valence-corrected chi connectivity index (χ4v) is 4.21. The molecule has 132 valence electrons. The number of benzene rings is 2. The molecule has 1 amide bonds. The number of para-hydroxylation sites is 1. The molecule has 26 heavy (non-hydrogen) atoms. The third-order valence-electron chi connectivity index (χ3n) is 4.47. The van der Waals surface area contributed by atoms with Crippen molar-refractivity contribution in [3.05, 3.63) is 70.1 Å². The van der Waals surface area contributed by atoms with Gasteiger partial charge in [0.15, 0.2) is 5.17 Å². The third-order valence-corrected chi connectivity index (χ3v) is 5.86. The number of aliphatic imine (C=N–C) groups is 1. The highest BCUT2D eigenvalue weighted by atomic mass is 35.5. The summed E-state index contributed by atoms with van der Waals surface area (Å²) in [5.74, 6) is -0.185. The molecule has 0 spiro atoms. The summed E-state index contributed by atoms with van der Waals surface area (Å²) in [4.78, 5) is 21.7. The molecule has 1 fully saturated rings. The van der Waals surface area contributed by atoms with E-state index < -0.39 is 0 Å². The van der Waals surface area contributed by atoms with Crippen LogP contribution in [0, 0.1) is 0 Å². The molecule has 0 radical (unpaired) electrons. The van der Waals surface area contributed by atoms with Gasteiger partial charge in [-0.15, -0.1) is 0 Å². The van der Waals surface area contributed by atoms with Crippen LogP contribution in [-0.4, -0.2) is 42.2 Å². The van der Waals surface area contributed by atoms with E-state index in [0.29, 0.717) is 9.93 Å². The number of hydrogen-bond acceptors (Lipinski definition) is 4. The average molecular weight is 384 g/mol. The maximum atomic E-state index is 12.3. The number of hydrogen-bond donors (Lipinski definition) is 0. The van der Waals surface area contributed by atoms with E-state index in [-0.39, 0.29) is 5.91 Å². The fourth-order valence-electron chi connectivity index (χ4n) is 3.06. The zero-order chi connectivity index (χ0) is 17.9. The summed E-state index contributed by atoms with van der Waals surface area (Å²) >= 11 is 7.63. The van der Waals surface area contributed by atoms with Crippen molar-refractivity contribution < 1.29 is 4.79 Å². The van der Waals surface area contributed by atoms with Gasteiger partial charge in [0, 0.05) is 36.9 Å². The Morgan fingerprint density at radius 2 is 1.58 bits per heavy atom. The summed E-state index contributed by atoms with van der Waals surface area (Å²) in [6.45, 7) is 3.55. The Hall–Kier alpha value is -2.24. The Morgan fingerprint density at radius 3 is 2.31 bits per heavy atom. The predicted octanol–water partition coefficient (Wildman–Crippen LogP) is 4.13. The Balaban J connectivity index is 1.42. The Labute approximate surface area is 162 Å². The zero-order valence-corrected chi connectivity index (χ0v) is 15.7. The highest BCUT2D eigenvalue weighted by Gasteiger charge is 2.28. The standard InChI is InChI=1S/C20H18ClN3OS/c21-17-9-5-4-6-15(17)14-18-19(25)22-20(26-18)24-12-10-23(11-13-24)16-7-2-1-3-8-16/h1-9,14H,10-13H2. The third kappa shape index (κ3) is 3.64. The quantitative estimate of drug-likeness (QED) is 0.730. The number of thioether (sulfide) groups is 1. The number of anilines is 1. The molecule has 4 nitrogen and oxygen atoms in total. The highest BCUT2D eigenvalue weighted by molar-refractivity contribution is 8.18. The minimum absolute atomic E-state index is 0.185. The number of amides is 1. The molecule has 4 rings (SSSR count). The largest absolute Gasteiger partial charge is 0.368 e. The molecule has 0 saturated carbocycles. The van der Waals surface area contributed by atoms with Crippen LogP contribution in [0.3, 0.4) is 0 Å². The summed E-state index contributed by atoms with van der Waals surface area (Å²) < 4.78 is 0. The number of amidine groups is 1. The molecular weight excluding hydrogens is 366 g/mol. The van der Waals surface area contributed by atoms with Crippen LogP contribution in [-0.2, 0) is 4.79 Å². The maximum Gasteiger partial charge on any atom is 0.286 e. The Morgan fingerprint density at radius 1 is 0.923 bits per heavy atom. The normalized spacial score (nSPS) is 19.2. The van der Waals surface area contributed by atoms with E-state index in [9.17, 15) is 4.79 Å². The molecule has 0 unspecified atom stereocenters. The van der Waals surface area contributed by atoms with Crippen molar-refractivity contribution in [1.29, 1.82) is 0 Å². The van der Waals surface area contributed by atoms with Gasteiger partial charge in [-0.25, -0.2) is 0 Å². The van der Waals surface area contributed by atoms with E-state index in [1.54, 1.807) is 0 Å². The van der Waals surface area contributed by atoms with Crippen molar-refractivity contribution in [2.45, 2.75) is 0 Å². The van der Waals surface area contributed by atoms with Gasteiger partial charge < -0.3 is 9.80 Å². The van der Waals surface area contributed by atoms with Crippen molar-refractivity contribution in [2.24, 2.45) is 4.99 Å². The van der Waals surface area contributed by atoms with Gasteiger partial charge in [-0.2, -0.15) is 4.99 Å². The molecule has 1 saturated heterocycles. The average Bonchev–Trinajstić information content (AvgIpc) is 3.05. The van der Waals surface area contributed by atoms with Gasteiger partial charge in [0.2, 0.25) is 0 Å². The van der Waals surface area contributed by atoms with Gasteiger partial charge in [-0.3, -0.25) is 4.79 Å². The van der Waals surface area contributed by atoms with Crippen LogP contribution in [0.2, 0.25) is 5.02 Å². The molecule has 6 heteroatoms. The molecule has 0 N–H and O–H groups in total. The number of carbonyl (C=O) groups is 1. The molecule has 2 aliphatic rings. The summed E-state index contributed by atoms with van der Waals surface area (Å²) in [5.41, 5.74) is 2.08. The Kier molecular flexibility index (Phi) is 5.00. The number of rotatable bonds is 2. The molecule has 0 atom stereocenters. The monoisotopic (exact) mass is 383 g/mol. The molecule has 2 aromatic rings. The van der Waals surface area contributed by atoms with Crippen molar-refractivity contribution in [2.75, 3.05) is 31.1 Å².